The summed E-state index contributed by atoms with van der Waals surface area (Å²) in [7, 11) is -3.69. The summed E-state index contributed by atoms with van der Waals surface area (Å²) in [5.74, 6) is -1.30. The standard InChI is InChI=1S/C20H21ClN2O5S/c1-4-9-22-29(26,27)16-7-5-15(6-8-16)20(25)28-12-18(24)23-19-14(3)10-13(2)11-17(19)21/h4-8,10-11,22H,1,9,12H2,2-3H3,(H,23,24). The molecule has 0 aliphatic carbocycles. The van der Waals surface area contributed by atoms with E-state index in [0.29, 0.717) is 10.7 Å². The Morgan fingerprint density at radius 3 is 2.41 bits per heavy atom. The van der Waals surface area contributed by atoms with E-state index in [1.165, 1.54) is 30.3 Å². The van der Waals surface area contributed by atoms with Gasteiger partial charge in [-0.2, -0.15) is 0 Å². The predicted molar refractivity (Wildman–Crippen MR) is 112 cm³/mol. The molecule has 0 fully saturated rings. The van der Waals surface area contributed by atoms with Crippen LogP contribution in [-0.2, 0) is 19.6 Å². The van der Waals surface area contributed by atoms with E-state index < -0.39 is 28.5 Å². The van der Waals surface area contributed by atoms with Crippen LogP contribution in [-0.4, -0.2) is 33.4 Å². The zero-order valence-corrected chi connectivity index (χ0v) is 17.6. The Morgan fingerprint density at radius 1 is 1.17 bits per heavy atom. The van der Waals surface area contributed by atoms with E-state index in [1.54, 1.807) is 13.0 Å². The lowest BCUT2D eigenvalue weighted by Gasteiger charge is -2.12. The first-order valence-electron chi connectivity index (χ1n) is 8.58. The molecule has 0 atom stereocenters. The van der Waals surface area contributed by atoms with Gasteiger partial charge in [-0.1, -0.05) is 23.7 Å². The van der Waals surface area contributed by atoms with Crippen LogP contribution in [0.25, 0.3) is 0 Å². The molecule has 2 aromatic carbocycles. The number of hydrogen-bond donors (Lipinski definition) is 2. The third kappa shape index (κ3) is 6.15. The summed E-state index contributed by atoms with van der Waals surface area (Å²) in [6.45, 7) is 6.71. The maximum Gasteiger partial charge on any atom is 0.338 e. The lowest BCUT2D eigenvalue weighted by Crippen LogP contribution is -2.24. The van der Waals surface area contributed by atoms with Crippen LogP contribution in [0.4, 0.5) is 5.69 Å². The maximum atomic E-state index is 12.1. The lowest BCUT2D eigenvalue weighted by molar-refractivity contribution is -0.119. The van der Waals surface area contributed by atoms with Gasteiger partial charge >= 0.3 is 5.97 Å². The van der Waals surface area contributed by atoms with Crippen LogP contribution in [0, 0.1) is 13.8 Å². The van der Waals surface area contributed by atoms with Crippen molar-refractivity contribution in [1.82, 2.24) is 4.72 Å². The number of esters is 1. The molecule has 0 spiro atoms. The summed E-state index contributed by atoms with van der Waals surface area (Å²) >= 11 is 6.14. The molecule has 0 saturated carbocycles. The van der Waals surface area contributed by atoms with Crippen molar-refractivity contribution >= 4 is 39.2 Å². The van der Waals surface area contributed by atoms with Crippen LogP contribution in [0.2, 0.25) is 5.02 Å². The first-order valence-corrected chi connectivity index (χ1v) is 10.4. The van der Waals surface area contributed by atoms with Crippen LogP contribution < -0.4 is 10.0 Å². The fraction of sp³-hybridized carbons (Fsp3) is 0.200. The molecule has 7 nitrogen and oxygen atoms in total. The smallest absolute Gasteiger partial charge is 0.338 e. The molecular weight excluding hydrogens is 416 g/mol. The topological polar surface area (TPSA) is 102 Å². The lowest BCUT2D eigenvalue weighted by atomic mass is 10.1. The summed E-state index contributed by atoms with van der Waals surface area (Å²) in [5, 5.41) is 3.01. The van der Waals surface area contributed by atoms with E-state index in [1.807, 2.05) is 13.0 Å². The number of sulfonamides is 1. The van der Waals surface area contributed by atoms with Crippen LogP contribution in [0.5, 0.6) is 0 Å². The second-order valence-corrected chi connectivity index (χ2v) is 8.40. The Morgan fingerprint density at radius 2 is 1.83 bits per heavy atom. The molecule has 2 N–H and O–H groups in total. The second-order valence-electron chi connectivity index (χ2n) is 6.23. The summed E-state index contributed by atoms with van der Waals surface area (Å²) in [4.78, 5) is 24.2. The highest BCUT2D eigenvalue weighted by Crippen LogP contribution is 2.27. The number of ether oxygens (including phenoxy) is 1. The number of anilines is 1. The first-order chi connectivity index (χ1) is 13.6. The summed E-state index contributed by atoms with van der Waals surface area (Å²) in [6.07, 6.45) is 1.42. The number of hydrogen-bond acceptors (Lipinski definition) is 5. The normalized spacial score (nSPS) is 11.0. The third-order valence-corrected chi connectivity index (χ3v) is 5.59. The van der Waals surface area contributed by atoms with E-state index in [0.717, 1.165) is 11.1 Å². The Kier molecular flexibility index (Phi) is 7.55. The van der Waals surface area contributed by atoms with Gasteiger partial charge in [-0.25, -0.2) is 17.9 Å². The Balaban J connectivity index is 1.97. The largest absolute Gasteiger partial charge is 0.452 e. The first kappa shape index (κ1) is 22.6. The average Bonchev–Trinajstić information content (AvgIpc) is 2.67. The van der Waals surface area contributed by atoms with Crippen LogP contribution in [0.15, 0.2) is 53.9 Å². The number of nitrogens with one attached hydrogen (secondary N) is 2. The number of halogens is 1. The van der Waals surface area contributed by atoms with Crippen LogP contribution in [0.3, 0.4) is 0 Å². The molecule has 0 aliphatic heterocycles. The quantitative estimate of drug-likeness (QED) is 0.488. The fourth-order valence-electron chi connectivity index (χ4n) is 2.49. The highest BCUT2D eigenvalue weighted by molar-refractivity contribution is 7.89. The Bertz CT molecular complexity index is 1010. The van der Waals surface area contributed by atoms with Crippen LogP contribution in [0.1, 0.15) is 21.5 Å². The van der Waals surface area contributed by atoms with Gasteiger partial charge in [0.2, 0.25) is 10.0 Å². The van der Waals surface area contributed by atoms with Gasteiger partial charge in [0.05, 0.1) is 21.2 Å². The Hall–Kier alpha value is -2.68. The SMILES string of the molecule is C=CCNS(=O)(=O)c1ccc(C(=O)OCC(=O)Nc2c(C)cc(C)cc2Cl)cc1. The monoisotopic (exact) mass is 436 g/mol. The van der Waals surface area contributed by atoms with E-state index in [9.17, 15) is 18.0 Å². The van der Waals surface area contributed by atoms with Crippen LogP contribution >= 0.6 is 11.6 Å². The number of carbonyl (C=O) groups excluding carboxylic acids is 2. The molecule has 0 aliphatic rings. The predicted octanol–water partition coefficient (Wildman–Crippen LogP) is 3.22. The molecule has 0 aromatic heterocycles. The molecule has 154 valence electrons. The third-order valence-electron chi connectivity index (χ3n) is 3.85. The van der Waals surface area contributed by atoms with Gasteiger partial charge in [0.1, 0.15) is 0 Å². The molecule has 9 heteroatoms. The highest BCUT2D eigenvalue weighted by Gasteiger charge is 2.16. The molecule has 0 radical (unpaired) electrons. The number of amides is 1. The minimum Gasteiger partial charge on any atom is -0.452 e. The summed E-state index contributed by atoms with van der Waals surface area (Å²) < 4.78 is 31.3. The van der Waals surface area contributed by atoms with Gasteiger partial charge in [-0.15, -0.1) is 6.58 Å². The van der Waals surface area contributed by atoms with Crippen molar-refractivity contribution in [2.24, 2.45) is 0 Å². The molecule has 0 saturated heterocycles. The zero-order valence-electron chi connectivity index (χ0n) is 16.0. The molecule has 2 aromatic rings. The average molecular weight is 437 g/mol. The molecule has 29 heavy (non-hydrogen) atoms. The van der Waals surface area contributed by atoms with E-state index in [2.05, 4.69) is 16.6 Å². The van der Waals surface area contributed by atoms with Crippen molar-refractivity contribution in [2.75, 3.05) is 18.5 Å². The number of benzene rings is 2. The maximum absolute atomic E-state index is 12.1. The molecule has 0 unspecified atom stereocenters. The number of rotatable bonds is 8. The van der Waals surface area contributed by atoms with Gasteiger partial charge < -0.3 is 10.1 Å². The minimum absolute atomic E-state index is 0.00173. The molecule has 0 bridgehead atoms. The zero-order chi connectivity index (χ0) is 21.6. The summed E-state index contributed by atoms with van der Waals surface area (Å²) in [6, 6.07) is 8.76. The fourth-order valence-corrected chi connectivity index (χ4v) is 3.85. The molecule has 2 rings (SSSR count). The van der Waals surface area contributed by atoms with Gasteiger partial charge in [-0.05, 0) is 55.3 Å². The number of carbonyl (C=O) groups is 2. The van der Waals surface area contributed by atoms with Gasteiger partial charge in [0.15, 0.2) is 6.61 Å². The minimum atomic E-state index is -3.69. The van der Waals surface area contributed by atoms with E-state index in [-0.39, 0.29) is 17.0 Å². The van der Waals surface area contributed by atoms with Crippen molar-refractivity contribution in [1.29, 1.82) is 0 Å². The van der Waals surface area contributed by atoms with Crippen molar-refractivity contribution in [2.45, 2.75) is 18.7 Å². The van der Waals surface area contributed by atoms with Gasteiger partial charge in [0.25, 0.3) is 5.91 Å². The van der Waals surface area contributed by atoms with Gasteiger partial charge in [-0.3, -0.25) is 4.79 Å². The van der Waals surface area contributed by atoms with Crippen molar-refractivity contribution < 1.29 is 22.7 Å². The van der Waals surface area contributed by atoms with E-state index in [4.69, 9.17) is 16.3 Å². The highest BCUT2D eigenvalue weighted by atomic mass is 35.5. The molecule has 0 heterocycles. The van der Waals surface area contributed by atoms with E-state index >= 15 is 0 Å². The summed E-state index contributed by atoms with van der Waals surface area (Å²) in [5.41, 5.74) is 2.32. The van der Waals surface area contributed by atoms with Crippen molar-refractivity contribution in [3.8, 4) is 0 Å². The Labute approximate surface area is 174 Å². The van der Waals surface area contributed by atoms with Gasteiger partial charge in [0, 0.05) is 6.54 Å². The molecule has 1 amide bonds. The second kappa shape index (κ2) is 9.69. The van der Waals surface area contributed by atoms with Crippen molar-refractivity contribution in [3.63, 3.8) is 0 Å². The number of aryl methyl sites for hydroxylation is 2. The molecular formula is C20H21ClN2O5S. The van der Waals surface area contributed by atoms with Crippen molar-refractivity contribution in [3.05, 3.63) is 70.8 Å².